The van der Waals surface area contributed by atoms with Gasteiger partial charge in [0.05, 0.1) is 11.0 Å². The number of sulfonamides is 1. The highest BCUT2D eigenvalue weighted by Crippen LogP contribution is 2.48. The molecule has 8 heteroatoms. The standard InChI is InChI=1S/C19H27FN2O4S/c1-13(23)22-15(11-19(2)17(22)5-3-4-6-18(19)24)12-21-27(25,26)16-9-7-14(20)8-10-16/h7-10,15,17-18,21,24H,3-6,11-12H2,1-2H3/t15-,17-,18+,19-/m1/s1. The van der Waals surface area contributed by atoms with E-state index in [0.29, 0.717) is 12.8 Å². The lowest BCUT2D eigenvalue weighted by atomic mass is 9.75. The maximum absolute atomic E-state index is 13.0. The first-order valence-electron chi connectivity index (χ1n) is 9.37. The van der Waals surface area contributed by atoms with Crippen LogP contribution in [-0.4, -0.2) is 49.1 Å². The van der Waals surface area contributed by atoms with Gasteiger partial charge in [0.25, 0.3) is 0 Å². The number of nitrogens with one attached hydrogen (secondary N) is 1. The molecule has 0 aromatic heterocycles. The Bertz CT molecular complexity index is 798. The van der Waals surface area contributed by atoms with Gasteiger partial charge in [-0.1, -0.05) is 19.8 Å². The van der Waals surface area contributed by atoms with Crippen LogP contribution >= 0.6 is 0 Å². The van der Waals surface area contributed by atoms with Crippen LogP contribution in [0.4, 0.5) is 4.39 Å². The van der Waals surface area contributed by atoms with Gasteiger partial charge in [0, 0.05) is 31.0 Å². The van der Waals surface area contributed by atoms with E-state index < -0.39 is 27.4 Å². The van der Waals surface area contributed by atoms with Gasteiger partial charge < -0.3 is 10.0 Å². The molecule has 0 bridgehead atoms. The summed E-state index contributed by atoms with van der Waals surface area (Å²) < 4.78 is 40.6. The van der Waals surface area contributed by atoms with Crippen LogP contribution in [0.5, 0.6) is 0 Å². The van der Waals surface area contributed by atoms with Gasteiger partial charge in [-0.25, -0.2) is 17.5 Å². The van der Waals surface area contributed by atoms with Crippen LogP contribution in [0.15, 0.2) is 29.2 Å². The topological polar surface area (TPSA) is 86.7 Å². The Hall–Kier alpha value is -1.51. The number of halogens is 1. The van der Waals surface area contributed by atoms with Crippen molar-refractivity contribution in [1.29, 1.82) is 0 Å². The number of aliphatic hydroxyl groups excluding tert-OH is 1. The quantitative estimate of drug-likeness (QED) is 0.813. The zero-order chi connectivity index (χ0) is 19.8. The Morgan fingerprint density at radius 2 is 1.93 bits per heavy atom. The molecule has 150 valence electrons. The molecule has 1 aromatic carbocycles. The number of carbonyl (C=O) groups is 1. The second-order valence-corrected chi connectivity index (χ2v) is 9.68. The molecule has 1 saturated heterocycles. The minimum absolute atomic E-state index is 0.0169. The lowest BCUT2D eigenvalue weighted by Gasteiger charge is -2.37. The van der Waals surface area contributed by atoms with E-state index in [1.165, 1.54) is 19.1 Å². The fourth-order valence-electron chi connectivity index (χ4n) is 4.70. The number of carbonyl (C=O) groups excluding carboxylic acids is 1. The van der Waals surface area contributed by atoms with E-state index in [1.54, 1.807) is 4.90 Å². The van der Waals surface area contributed by atoms with Gasteiger partial charge >= 0.3 is 0 Å². The summed E-state index contributed by atoms with van der Waals surface area (Å²) in [5.41, 5.74) is -0.436. The summed E-state index contributed by atoms with van der Waals surface area (Å²) in [4.78, 5) is 14.1. The zero-order valence-electron chi connectivity index (χ0n) is 15.7. The van der Waals surface area contributed by atoms with E-state index in [4.69, 9.17) is 0 Å². The second-order valence-electron chi connectivity index (χ2n) is 7.91. The van der Waals surface area contributed by atoms with Gasteiger partial charge in [-0.05, 0) is 43.5 Å². The summed E-state index contributed by atoms with van der Waals surface area (Å²) >= 11 is 0. The lowest BCUT2D eigenvalue weighted by molar-refractivity contribution is -0.133. The Morgan fingerprint density at radius 1 is 1.30 bits per heavy atom. The molecule has 3 rings (SSSR count). The molecule has 1 heterocycles. The summed E-state index contributed by atoms with van der Waals surface area (Å²) in [5, 5.41) is 10.7. The molecule has 1 aromatic rings. The highest BCUT2D eigenvalue weighted by molar-refractivity contribution is 7.89. The lowest BCUT2D eigenvalue weighted by Crippen LogP contribution is -2.48. The van der Waals surface area contributed by atoms with Crippen molar-refractivity contribution in [3.63, 3.8) is 0 Å². The predicted octanol–water partition coefficient (Wildman–Crippen LogP) is 2.03. The number of likely N-dealkylation sites (tertiary alicyclic amines) is 1. The maximum atomic E-state index is 13.0. The summed E-state index contributed by atoms with van der Waals surface area (Å²) in [6.45, 7) is 3.56. The minimum atomic E-state index is -3.80. The minimum Gasteiger partial charge on any atom is -0.392 e. The fraction of sp³-hybridized carbons (Fsp3) is 0.632. The van der Waals surface area contributed by atoms with E-state index in [9.17, 15) is 22.7 Å². The molecule has 1 saturated carbocycles. The van der Waals surface area contributed by atoms with E-state index >= 15 is 0 Å². The largest absolute Gasteiger partial charge is 0.392 e. The van der Waals surface area contributed by atoms with Crippen LogP contribution in [-0.2, 0) is 14.8 Å². The Balaban J connectivity index is 1.79. The molecule has 0 radical (unpaired) electrons. The third-order valence-electron chi connectivity index (χ3n) is 6.13. The first-order valence-corrected chi connectivity index (χ1v) is 10.9. The smallest absolute Gasteiger partial charge is 0.240 e. The molecular formula is C19H27FN2O4S. The molecular weight excluding hydrogens is 371 g/mol. The highest BCUT2D eigenvalue weighted by atomic mass is 32.2. The number of fused-ring (bicyclic) bond motifs is 1. The summed E-state index contributed by atoms with van der Waals surface area (Å²) in [6.07, 6.45) is 3.42. The average molecular weight is 399 g/mol. The molecule has 1 amide bonds. The summed E-state index contributed by atoms with van der Waals surface area (Å²) in [7, 11) is -3.80. The van der Waals surface area contributed by atoms with Gasteiger partial charge in [-0.15, -0.1) is 0 Å². The van der Waals surface area contributed by atoms with Gasteiger partial charge in [0.1, 0.15) is 5.82 Å². The molecule has 1 aliphatic heterocycles. The summed E-state index contributed by atoms with van der Waals surface area (Å²) in [5.74, 6) is -0.613. The molecule has 0 unspecified atom stereocenters. The van der Waals surface area contributed by atoms with Crippen molar-refractivity contribution in [3.8, 4) is 0 Å². The Kier molecular flexibility index (Phi) is 5.61. The van der Waals surface area contributed by atoms with Crippen LogP contribution in [0, 0.1) is 11.2 Å². The van der Waals surface area contributed by atoms with Crippen molar-refractivity contribution in [2.24, 2.45) is 5.41 Å². The van der Waals surface area contributed by atoms with Crippen molar-refractivity contribution in [3.05, 3.63) is 30.1 Å². The molecule has 27 heavy (non-hydrogen) atoms. The van der Waals surface area contributed by atoms with Crippen LogP contribution in [0.2, 0.25) is 0 Å². The summed E-state index contributed by atoms with van der Waals surface area (Å²) in [6, 6.07) is 4.21. The SMILES string of the molecule is CC(=O)N1[C@@H](CNS(=O)(=O)c2ccc(F)cc2)C[C@@]2(C)[C@@H](O)CCCC[C@@H]12. The van der Waals surface area contributed by atoms with E-state index in [1.807, 2.05) is 6.92 Å². The Morgan fingerprint density at radius 3 is 2.56 bits per heavy atom. The van der Waals surface area contributed by atoms with Crippen LogP contribution in [0.25, 0.3) is 0 Å². The fourth-order valence-corrected chi connectivity index (χ4v) is 5.77. The first-order chi connectivity index (χ1) is 12.6. The first kappa shape index (κ1) is 20.2. The molecule has 4 atom stereocenters. The number of aliphatic hydroxyl groups is 1. The number of nitrogens with zero attached hydrogens (tertiary/aromatic N) is 1. The zero-order valence-corrected chi connectivity index (χ0v) is 16.5. The molecule has 2 fully saturated rings. The maximum Gasteiger partial charge on any atom is 0.240 e. The van der Waals surface area contributed by atoms with Crippen molar-refractivity contribution < 1.29 is 22.7 Å². The molecule has 0 spiro atoms. The van der Waals surface area contributed by atoms with Crippen molar-refractivity contribution >= 4 is 15.9 Å². The second kappa shape index (κ2) is 7.48. The highest BCUT2D eigenvalue weighted by Gasteiger charge is 2.54. The van der Waals surface area contributed by atoms with Crippen molar-refractivity contribution in [2.75, 3.05) is 6.54 Å². The normalized spacial score (nSPS) is 31.4. The number of rotatable bonds is 4. The van der Waals surface area contributed by atoms with Crippen LogP contribution < -0.4 is 4.72 Å². The van der Waals surface area contributed by atoms with Gasteiger partial charge in [0.15, 0.2) is 0 Å². The van der Waals surface area contributed by atoms with E-state index in [-0.39, 0.29) is 29.4 Å². The third-order valence-corrected chi connectivity index (χ3v) is 7.57. The van der Waals surface area contributed by atoms with Crippen LogP contribution in [0.1, 0.15) is 46.0 Å². The number of benzene rings is 1. The van der Waals surface area contributed by atoms with Crippen molar-refractivity contribution in [1.82, 2.24) is 9.62 Å². The molecule has 2 N–H and O–H groups in total. The number of hydrogen-bond acceptors (Lipinski definition) is 4. The van der Waals surface area contributed by atoms with E-state index in [0.717, 1.165) is 31.4 Å². The number of hydrogen-bond donors (Lipinski definition) is 2. The van der Waals surface area contributed by atoms with Crippen molar-refractivity contribution in [2.45, 2.75) is 69.0 Å². The molecule has 1 aliphatic carbocycles. The third kappa shape index (κ3) is 3.88. The van der Waals surface area contributed by atoms with Gasteiger partial charge in [-0.2, -0.15) is 0 Å². The average Bonchev–Trinajstić information content (AvgIpc) is 2.83. The molecule has 6 nitrogen and oxygen atoms in total. The number of amides is 1. The predicted molar refractivity (Wildman–Crippen MR) is 98.9 cm³/mol. The Labute approximate surface area is 159 Å². The van der Waals surface area contributed by atoms with Gasteiger partial charge in [0.2, 0.25) is 15.9 Å². The van der Waals surface area contributed by atoms with E-state index in [2.05, 4.69) is 4.72 Å². The van der Waals surface area contributed by atoms with Crippen LogP contribution in [0.3, 0.4) is 0 Å². The molecule has 2 aliphatic rings. The van der Waals surface area contributed by atoms with Gasteiger partial charge in [-0.3, -0.25) is 4.79 Å². The monoisotopic (exact) mass is 398 g/mol.